The molecule has 0 spiro atoms. The van der Waals surface area contributed by atoms with Gasteiger partial charge in [0.05, 0.1) is 0 Å². The van der Waals surface area contributed by atoms with E-state index in [1.807, 2.05) is 0 Å². The molecule has 1 rings (SSSR count). The number of hydrogen-bond donors (Lipinski definition) is 4. The second-order valence-electron chi connectivity index (χ2n) is 3.16. The molecule has 0 aliphatic carbocycles. The first-order valence-electron chi connectivity index (χ1n) is 4.91. The summed E-state index contributed by atoms with van der Waals surface area (Å²) in [5.41, 5.74) is 5.06. The number of imide groups is 1. The minimum Gasteiger partial charge on any atom is -0.370 e. The standard InChI is InChI=1S/C9H13N5O2S/c10-9(11)13-3-1-2-6(15)14-7(16)8-12-4-5-17-8/h4-5H,1-3H2,(H4,10,11,13)(H,14,15,16). The third-order valence-corrected chi connectivity index (χ3v) is 2.55. The lowest BCUT2D eigenvalue weighted by molar-refractivity contribution is -0.120. The van der Waals surface area contributed by atoms with Gasteiger partial charge >= 0.3 is 0 Å². The zero-order chi connectivity index (χ0) is 12.7. The lowest BCUT2D eigenvalue weighted by Crippen LogP contribution is -2.33. The molecule has 1 heterocycles. The molecule has 0 saturated heterocycles. The Morgan fingerprint density at radius 1 is 1.53 bits per heavy atom. The van der Waals surface area contributed by atoms with Crippen molar-refractivity contribution in [1.82, 2.24) is 15.6 Å². The summed E-state index contributed by atoms with van der Waals surface area (Å²) in [5.74, 6) is -0.982. The number of carbonyl (C=O) groups is 2. The fraction of sp³-hybridized carbons (Fsp3) is 0.333. The molecule has 92 valence electrons. The van der Waals surface area contributed by atoms with Crippen LogP contribution in [0.25, 0.3) is 0 Å². The molecule has 1 aromatic heterocycles. The van der Waals surface area contributed by atoms with Crippen LogP contribution in [-0.2, 0) is 4.79 Å². The summed E-state index contributed by atoms with van der Waals surface area (Å²) in [5, 5.41) is 13.6. The number of amides is 2. The molecule has 0 atom stereocenters. The van der Waals surface area contributed by atoms with Crippen molar-refractivity contribution in [2.24, 2.45) is 5.73 Å². The normalized spacial score (nSPS) is 9.65. The van der Waals surface area contributed by atoms with Gasteiger partial charge in [-0.25, -0.2) is 4.98 Å². The number of nitrogens with two attached hydrogens (primary N) is 1. The number of nitrogens with zero attached hydrogens (tertiary/aromatic N) is 1. The van der Waals surface area contributed by atoms with E-state index in [1.165, 1.54) is 17.5 Å². The second-order valence-corrected chi connectivity index (χ2v) is 4.05. The van der Waals surface area contributed by atoms with Crippen LogP contribution in [0.1, 0.15) is 22.6 Å². The van der Waals surface area contributed by atoms with Crippen LogP contribution < -0.4 is 16.4 Å². The van der Waals surface area contributed by atoms with Crippen molar-refractivity contribution < 1.29 is 9.59 Å². The predicted octanol–water partition coefficient (Wildman–Crippen LogP) is -0.337. The molecule has 5 N–H and O–H groups in total. The van der Waals surface area contributed by atoms with E-state index in [0.29, 0.717) is 13.0 Å². The monoisotopic (exact) mass is 255 g/mol. The molecule has 0 radical (unpaired) electrons. The summed E-state index contributed by atoms with van der Waals surface area (Å²) in [7, 11) is 0. The molecule has 0 bridgehead atoms. The topological polar surface area (TPSA) is 121 Å². The maximum absolute atomic E-state index is 11.4. The van der Waals surface area contributed by atoms with Crippen LogP contribution in [0.15, 0.2) is 11.6 Å². The molecule has 0 aliphatic heterocycles. The highest BCUT2D eigenvalue weighted by atomic mass is 32.1. The second kappa shape index (κ2) is 6.59. The highest BCUT2D eigenvalue weighted by molar-refractivity contribution is 7.11. The van der Waals surface area contributed by atoms with E-state index in [9.17, 15) is 9.59 Å². The van der Waals surface area contributed by atoms with E-state index in [4.69, 9.17) is 11.1 Å². The molecule has 8 heteroatoms. The van der Waals surface area contributed by atoms with Gasteiger partial charge in [-0.05, 0) is 6.42 Å². The van der Waals surface area contributed by atoms with E-state index in [2.05, 4.69) is 15.6 Å². The van der Waals surface area contributed by atoms with Crippen LogP contribution in [0.5, 0.6) is 0 Å². The zero-order valence-corrected chi connectivity index (χ0v) is 9.84. The minimum absolute atomic E-state index is 0.135. The molecule has 0 fully saturated rings. The number of carbonyl (C=O) groups excluding carboxylic acids is 2. The van der Waals surface area contributed by atoms with Crippen molar-refractivity contribution in [3.63, 3.8) is 0 Å². The third-order valence-electron chi connectivity index (χ3n) is 1.78. The smallest absolute Gasteiger partial charge is 0.286 e. The van der Waals surface area contributed by atoms with Crippen molar-refractivity contribution in [2.75, 3.05) is 6.54 Å². The largest absolute Gasteiger partial charge is 0.370 e. The molecule has 0 unspecified atom stereocenters. The summed E-state index contributed by atoms with van der Waals surface area (Å²) in [6.07, 6.45) is 2.19. The van der Waals surface area contributed by atoms with Crippen molar-refractivity contribution in [3.05, 3.63) is 16.6 Å². The van der Waals surface area contributed by atoms with Crippen molar-refractivity contribution >= 4 is 29.1 Å². The van der Waals surface area contributed by atoms with Gasteiger partial charge in [-0.15, -0.1) is 11.3 Å². The molecule has 0 aromatic carbocycles. The van der Waals surface area contributed by atoms with Gasteiger partial charge < -0.3 is 11.1 Å². The van der Waals surface area contributed by atoms with Gasteiger partial charge in [-0.1, -0.05) is 0 Å². The van der Waals surface area contributed by atoms with E-state index in [0.717, 1.165) is 0 Å². The van der Waals surface area contributed by atoms with Gasteiger partial charge in [0.25, 0.3) is 5.91 Å². The summed E-state index contributed by atoms with van der Waals surface area (Å²) in [4.78, 5) is 26.5. The van der Waals surface area contributed by atoms with Crippen LogP contribution in [0, 0.1) is 5.41 Å². The first-order chi connectivity index (χ1) is 8.09. The molecule has 1 aromatic rings. The number of rotatable bonds is 5. The fourth-order valence-electron chi connectivity index (χ4n) is 1.05. The lowest BCUT2D eigenvalue weighted by Gasteiger charge is -2.03. The predicted molar refractivity (Wildman–Crippen MR) is 63.7 cm³/mol. The zero-order valence-electron chi connectivity index (χ0n) is 9.03. The molecular formula is C9H13N5O2S. The summed E-state index contributed by atoms with van der Waals surface area (Å²) in [6, 6.07) is 0. The Balaban J connectivity index is 2.21. The number of thiazole rings is 1. The van der Waals surface area contributed by atoms with Crippen LogP contribution >= 0.6 is 11.3 Å². The molecule has 2 amide bonds. The van der Waals surface area contributed by atoms with E-state index < -0.39 is 5.91 Å². The summed E-state index contributed by atoms with van der Waals surface area (Å²) >= 11 is 1.17. The Morgan fingerprint density at radius 2 is 2.29 bits per heavy atom. The average molecular weight is 255 g/mol. The molecule has 7 nitrogen and oxygen atoms in total. The van der Waals surface area contributed by atoms with Crippen molar-refractivity contribution in [2.45, 2.75) is 12.8 Å². The van der Waals surface area contributed by atoms with Crippen LogP contribution in [0.2, 0.25) is 0 Å². The Labute approximate surface area is 102 Å². The minimum atomic E-state index is -0.482. The summed E-state index contributed by atoms with van der Waals surface area (Å²) in [6.45, 7) is 0.425. The first kappa shape index (κ1) is 13.1. The lowest BCUT2D eigenvalue weighted by atomic mass is 10.3. The number of nitrogens with one attached hydrogen (secondary N) is 3. The van der Waals surface area contributed by atoms with Gasteiger partial charge in [-0.2, -0.15) is 0 Å². The molecule has 0 aliphatic rings. The number of guanidine groups is 1. The highest BCUT2D eigenvalue weighted by Gasteiger charge is 2.11. The van der Waals surface area contributed by atoms with Gasteiger partial charge in [0.2, 0.25) is 5.91 Å². The van der Waals surface area contributed by atoms with E-state index in [1.54, 1.807) is 5.38 Å². The highest BCUT2D eigenvalue weighted by Crippen LogP contribution is 2.03. The van der Waals surface area contributed by atoms with Gasteiger partial charge in [0.15, 0.2) is 11.0 Å². The molecular weight excluding hydrogens is 242 g/mol. The maximum Gasteiger partial charge on any atom is 0.286 e. The summed E-state index contributed by atoms with van der Waals surface area (Å²) < 4.78 is 0. The van der Waals surface area contributed by atoms with Crippen molar-refractivity contribution in [1.29, 1.82) is 5.41 Å². The Kier molecular flexibility index (Phi) is 5.08. The number of hydrogen-bond acceptors (Lipinski definition) is 5. The Bertz CT molecular complexity index is 404. The van der Waals surface area contributed by atoms with Crippen LogP contribution in [-0.4, -0.2) is 29.3 Å². The van der Waals surface area contributed by atoms with Crippen molar-refractivity contribution in [3.8, 4) is 0 Å². The Hall–Kier alpha value is -1.96. The Morgan fingerprint density at radius 3 is 2.88 bits per heavy atom. The third kappa shape index (κ3) is 5.07. The van der Waals surface area contributed by atoms with E-state index in [-0.39, 0.29) is 23.3 Å². The van der Waals surface area contributed by atoms with Gasteiger partial charge in [0.1, 0.15) is 0 Å². The number of aromatic nitrogens is 1. The van der Waals surface area contributed by atoms with Gasteiger partial charge in [-0.3, -0.25) is 20.3 Å². The van der Waals surface area contributed by atoms with Gasteiger partial charge in [0, 0.05) is 24.5 Å². The van der Waals surface area contributed by atoms with Crippen LogP contribution in [0.3, 0.4) is 0 Å². The molecule has 0 saturated carbocycles. The molecule has 17 heavy (non-hydrogen) atoms. The average Bonchev–Trinajstić information content (AvgIpc) is 2.77. The first-order valence-corrected chi connectivity index (χ1v) is 5.79. The fourth-order valence-corrected chi connectivity index (χ4v) is 1.58. The van der Waals surface area contributed by atoms with E-state index >= 15 is 0 Å². The maximum atomic E-state index is 11.4. The van der Waals surface area contributed by atoms with Crippen LogP contribution in [0.4, 0.5) is 0 Å². The quantitative estimate of drug-likeness (QED) is 0.326. The SMILES string of the molecule is N=C(N)NCCCC(=O)NC(=O)c1nccs1.